The first kappa shape index (κ1) is 33.3. The van der Waals surface area contributed by atoms with Gasteiger partial charge in [-0.05, 0) is 66.2 Å². The molecule has 1 aromatic rings. The van der Waals surface area contributed by atoms with Crippen LogP contribution < -0.4 is 10.1 Å². The molecule has 0 saturated carbocycles. The van der Waals surface area contributed by atoms with Crippen molar-refractivity contribution in [3.63, 3.8) is 0 Å². The van der Waals surface area contributed by atoms with Gasteiger partial charge in [-0.3, -0.25) is 14.5 Å². The van der Waals surface area contributed by atoms with Crippen LogP contribution in [-0.4, -0.2) is 72.5 Å². The third-order valence-electron chi connectivity index (χ3n) is 6.20. The van der Waals surface area contributed by atoms with E-state index in [1.165, 1.54) is 13.0 Å². The summed E-state index contributed by atoms with van der Waals surface area (Å²) >= 11 is 0. The molecule has 2 amide bonds. The second-order valence-corrected chi connectivity index (χ2v) is 11.3. The molecular weight excluding hydrogens is 533 g/mol. The number of alkyl halides is 3. The van der Waals surface area contributed by atoms with Crippen LogP contribution >= 0.6 is 0 Å². The molecule has 0 spiro atoms. The zero-order valence-corrected chi connectivity index (χ0v) is 24.3. The fourth-order valence-corrected chi connectivity index (χ4v) is 4.21. The summed E-state index contributed by atoms with van der Waals surface area (Å²) in [6.07, 6.45) is -2.66. The van der Waals surface area contributed by atoms with E-state index in [0.717, 1.165) is 30.2 Å². The van der Waals surface area contributed by atoms with E-state index in [0.29, 0.717) is 12.7 Å². The minimum absolute atomic E-state index is 0.0797. The molecule has 0 radical (unpaired) electrons. The summed E-state index contributed by atoms with van der Waals surface area (Å²) in [4.78, 5) is 40.1. The summed E-state index contributed by atoms with van der Waals surface area (Å²) in [6.45, 7) is 11.5. The molecule has 1 fully saturated rings. The molecule has 0 unspecified atom stereocenters. The molecule has 1 aliphatic heterocycles. The Morgan fingerprint density at radius 1 is 1.05 bits per heavy atom. The van der Waals surface area contributed by atoms with Crippen molar-refractivity contribution in [3.8, 4) is 5.75 Å². The quantitative estimate of drug-likeness (QED) is 0.265. The van der Waals surface area contributed by atoms with Crippen LogP contribution in [0.3, 0.4) is 0 Å². The highest BCUT2D eigenvalue weighted by atomic mass is 19.4. The molecule has 1 heterocycles. The van der Waals surface area contributed by atoms with Crippen molar-refractivity contribution in [2.45, 2.75) is 90.8 Å². The Hall–Kier alpha value is -2.86. The molecule has 226 valence electrons. The lowest BCUT2D eigenvalue weighted by Gasteiger charge is -2.39. The van der Waals surface area contributed by atoms with Crippen LogP contribution in [0, 0.1) is 0 Å². The van der Waals surface area contributed by atoms with Gasteiger partial charge in [-0.2, -0.15) is 13.2 Å². The van der Waals surface area contributed by atoms with E-state index < -0.39 is 58.7 Å². The molecule has 2 rings (SSSR count). The van der Waals surface area contributed by atoms with Crippen molar-refractivity contribution in [2.75, 3.05) is 33.0 Å². The van der Waals surface area contributed by atoms with Crippen molar-refractivity contribution in [3.05, 3.63) is 29.3 Å². The number of nitrogens with zero attached hydrogens (tertiary/aromatic N) is 1. The van der Waals surface area contributed by atoms with Gasteiger partial charge in [0.1, 0.15) is 29.2 Å². The highest BCUT2D eigenvalue weighted by Gasteiger charge is 2.57. The van der Waals surface area contributed by atoms with Gasteiger partial charge >= 0.3 is 12.3 Å². The Labute approximate surface area is 233 Å². The highest BCUT2D eigenvalue weighted by Crippen LogP contribution is 2.38. The third kappa shape index (κ3) is 8.82. The molecule has 0 aliphatic carbocycles. The van der Waals surface area contributed by atoms with E-state index in [1.807, 2.05) is 0 Å². The van der Waals surface area contributed by atoms with Crippen LogP contribution in [0.1, 0.15) is 83.7 Å². The van der Waals surface area contributed by atoms with E-state index in [9.17, 15) is 27.6 Å². The van der Waals surface area contributed by atoms with Gasteiger partial charge in [0.2, 0.25) is 5.91 Å². The number of ether oxygens (including phenoxy) is 4. The fourth-order valence-electron chi connectivity index (χ4n) is 4.21. The minimum Gasteiger partial charge on any atom is -0.491 e. The number of rotatable bonds is 12. The lowest BCUT2D eigenvalue weighted by molar-refractivity contribution is -0.139. The first-order valence-corrected chi connectivity index (χ1v) is 13.3. The van der Waals surface area contributed by atoms with Crippen LogP contribution in [0.15, 0.2) is 18.2 Å². The van der Waals surface area contributed by atoms with Crippen molar-refractivity contribution < 1.29 is 46.5 Å². The summed E-state index contributed by atoms with van der Waals surface area (Å²) in [5, 5.41) is 2.44. The number of ketones is 1. The standard InChI is InChI=1S/C28H41F3N2O7/c1-8-9-10-13-37-14-15-38-22-12-11-19(16-20(22)28(29,30)31)21(34)17-32-23(35)27(7)18-39-26(5,6)33(27)24(36)40-25(2,3)4/h11-12,16H,8-10,13-15,17-18H2,1-7H3,(H,32,35)/t27-/m0/s1. The summed E-state index contributed by atoms with van der Waals surface area (Å²) in [5.41, 5.74) is -4.91. The van der Waals surface area contributed by atoms with Crippen molar-refractivity contribution in [2.24, 2.45) is 0 Å². The van der Waals surface area contributed by atoms with Crippen molar-refractivity contribution in [1.82, 2.24) is 10.2 Å². The van der Waals surface area contributed by atoms with E-state index in [1.54, 1.807) is 34.6 Å². The Morgan fingerprint density at radius 3 is 2.33 bits per heavy atom. The SMILES string of the molecule is CCCCCOCCOc1ccc(C(=O)CNC(=O)[C@]2(C)COC(C)(C)N2C(=O)OC(C)(C)C)cc1C(F)(F)F. The molecule has 0 aromatic heterocycles. The maximum absolute atomic E-state index is 13.7. The second-order valence-electron chi connectivity index (χ2n) is 11.3. The minimum atomic E-state index is -4.77. The monoisotopic (exact) mass is 574 g/mol. The van der Waals surface area contributed by atoms with Gasteiger partial charge in [-0.1, -0.05) is 19.8 Å². The summed E-state index contributed by atoms with van der Waals surface area (Å²) in [7, 11) is 0. The summed E-state index contributed by atoms with van der Waals surface area (Å²) in [5.74, 6) is -1.89. The fraction of sp³-hybridized carbons (Fsp3) is 0.679. The number of carbonyl (C=O) groups is 3. The lowest BCUT2D eigenvalue weighted by Crippen LogP contribution is -2.62. The number of hydrogen-bond donors (Lipinski definition) is 1. The number of hydrogen-bond acceptors (Lipinski definition) is 7. The Balaban J connectivity index is 2.09. The van der Waals surface area contributed by atoms with Gasteiger partial charge < -0.3 is 24.3 Å². The maximum atomic E-state index is 13.7. The number of carbonyl (C=O) groups excluding carboxylic acids is 3. The van der Waals surface area contributed by atoms with Crippen LogP contribution in [0.5, 0.6) is 5.75 Å². The molecule has 1 N–H and O–H groups in total. The molecule has 40 heavy (non-hydrogen) atoms. The molecule has 1 aromatic carbocycles. The number of unbranched alkanes of at least 4 members (excludes halogenated alkanes) is 2. The van der Waals surface area contributed by atoms with E-state index >= 15 is 0 Å². The van der Waals surface area contributed by atoms with E-state index in [4.69, 9.17) is 18.9 Å². The Kier molecular flexibility index (Phi) is 11.0. The van der Waals surface area contributed by atoms with Gasteiger partial charge in [0.25, 0.3) is 0 Å². The second kappa shape index (κ2) is 13.2. The number of Topliss-reactive ketones (excluding diaryl/α,β-unsaturated/α-hetero) is 1. The molecule has 1 atom stereocenters. The van der Waals surface area contributed by atoms with Crippen molar-refractivity contribution >= 4 is 17.8 Å². The lowest BCUT2D eigenvalue weighted by atomic mass is 9.99. The molecular formula is C28H41F3N2O7. The third-order valence-corrected chi connectivity index (χ3v) is 6.20. The zero-order chi connectivity index (χ0) is 30.4. The van der Waals surface area contributed by atoms with Crippen LogP contribution in [0.4, 0.5) is 18.0 Å². The number of benzene rings is 1. The first-order valence-electron chi connectivity index (χ1n) is 13.3. The van der Waals surface area contributed by atoms with Gasteiger partial charge in [-0.15, -0.1) is 0 Å². The van der Waals surface area contributed by atoms with Gasteiger partial charge in [0, 0.05) is 12.2 Å². The van der Waals surface area contributed by atoms with Gasteiger partial charge in [0.15, 0.2) is 5.78 Å². The maximum Gasteiger partial charge on any atom is 0.419 e. The number of halogens is 3. The first-order chi connectivity index (χ1) is 18.4. The largest absolute Gasteiger partial charge is 0.491 e. The number of nitrogens with one attached hydrogen (secondary N) is 1. The predicted molar refractivity (Wildman–Crippen MR) is 141 cm³/mol. The summed E-state index contributed by atoms with van der Waals surface area (Å²) < 4.78 is 63.0. The van der Waals surface area contributed by atoms with Crippen molar-refractivity contribution in [1.29, 1.82) is 0 Å². The smallest absolute Gasteiger partial charge is 0.419 e. The molecule has 1 saturated heterocycles. The van der Waals surface area contributed by atoms with Gasteiger partial charge in [-0.25, -0.2) is 4.79 Å². The molecule has 0 bridgehead atoms. The molecule has 12 heteroatoms. The average molecular weight is 575 g/mol. The van der Waals surface area contributed by atoms with Crippen LogP contribution in [0.25, 0.3) is 0 Å². The Morgan fingerprint density at radius 2 is 1.73 bits per heavy atom. The normalized spacial score (nSPS) is 18.9. The predicted octanol–water partition coefficient (Wildman–Crippen LogP) is 5.35. The highest BCUT2D eigenvalue weighted by molar-refractivity contribution is 6.01. The topological polar surface area (TPSA) is 103 Å². The molecule has 1 aliphatic rings. The van der Waals surface area contributed by atoms with Crippen LogP contribution in [0.2, 0.25) is 0 Å². The zero-order valence-electron chi connectivity index (χ0n) is 24.3. The van der Waals surface area contributed by atoms with E-state index in [-0.39, 0.29) is 25.4 Å². The molecule has 9 nitrogen and oxygen atoms in total. The van der Waals surface area contributed by atoms with E-state index in [2.05, 4.69) is 12.2 Å². The van der Waals surface area contributed by atoms with Crippen LogP contribution in [-0.2, 0) is 25.2 Å². The Bertz CT molecular complexity index is 1050. The van der Waals surface area contributed by atoms with Gasteiger partial charge in [0.05, 0.1) is 25.3 Å². The average Bonchev–Trinajstić information content (AvgIpc) is 3.09. The number of amides is 2. The summed E-state index contributed by atoms with van der Waals surface area (Å²) in [6, 6.07) is 2.98.